The maximum absolute atomic E-state index is 14.3. The van der Waals surface area contributed by atoms with E-state index in [0.29, 0.717) is 12.2 Å². The van der Waals surface area contributed by atoms with E-state index in [1.807, 2.05) is 31.2 Å². The summed E-state index contributed by atoms with van der Waals surface area (Å²) in [6, 6.07) is 15.8. The van der Waals surface area contributed by atoms with Gasteiger partial charge in [-0.05, 0) is 49.2 Å². The average molecular weight is 428 g/mol. The van der Waals surface area contributed by atoms with E-state index in [1.165, 1.54) is 24.5 Å². The van der Waals surface area contributed by atoms with E-state index in [4.69, 9.17) is 4.42 Å². The molecule has 8 heteroatoms. The number of amides is 1. The Balaban J connectivity index is 1.67. The van der Waals surface area contributed by atoms with Crippen LogP contribution in [-0.2, 0) is 27.8 Å². The standard InChI is InChI=1S/C22H21FN2O4S/c1-16-13-17-7-2-4-10-20(17)25(16)22(26)15-24(14-18-8-6-12-29-18)30(27,28)21-11-5-3-9-19(21)23/h2-12,16H,13-15H2,1H3/t16-/m0/s1. The van der Waals surface area contributed by atoms with E-state index in [2.05, 4.69) is 0 Å². The van der Waals surface area contributed by atoms with Crippen molar-refractivity contribution in [1.82, 2.24) is 4.31 Å². The summed E-state index contributed by atoms with van der Waals surface area (Å²) in [7, 11) is -4.28. The molecule has 0 bridgehead atoms. The van der Waals surface area contributed by atoms with Crippen LogP contribution < -0.4 is 4.90 Å². The first kappa shape index (κ1) is 20.3. The lowest BCUT2D eigenvalue weighted by Gasteiger charge is -2.27. The third kappa shape index (κ3) is 3.76. The fourth-order valence-corrected chi connectivity index (χ4v) is 5.19. The third-order valence-corrected chi connectivity index (χ3v) is 6.98. The second-order valence-corrected chi connectivity index (χ2v) is 9.13. The third-order valence-electron chi connectivity index (χ3n) is 5.15. The van der Waals surface area contributed by atoms with Gasteiger partial charge in [-0.15, -0.1) is 0 Å². The van der Waals surface area contributed by atoms with Crippen molar-refractivity contribution < 1.29 is 22.0 Å². The molecule has 3 aromatic rings. The van der Waals surface area contributed by atoms with Gasteiger partial charge in [0, 0.05) is 11.7 Å². The Bertz CT molecular complexity index is 1160. The molecule has 30 heavy (non-hydrogen) atoms. The number of carbonyl (C=O) groups is 1. The number of benzene rings is 2. The van der Waals surface area contributed by atoms with Crippen LogP contribution in [0.2, 0.25) is 0 Å². The van der Waals surface area contributed by atoms with Crippen molar-refractivity contribution in [3.05, 3.63) is 84.1 Å². The maximum atomic E-state index is 14.3. The highest BCUT2D eigenvalue weighted by Crippen LogP contribution is 2.32. The van der Waals surface area contributed by atoms with E-state index >= 15 is 0 Å². The van der Waals surface area contributed by atoms with Crippen LogP contribution in [0, 0.1) is 5.82 Å². The Morgan fingerprint density at radius 3 is 2.60 bits per heavy atom. The highest BCUT2D eigenvalue weighted by atomic mass is 32.2. The summed E-state index contributed by atoms with van der Waals surface area (Å²) in [6.45, 7) is 1.30. The minimum Gasteiger partial charge on any atom is -0.468 e. The topological polar surface area (TPSA) is 70.8 Å². The number of furan rings is 1. The first-order chi connectivity index (χ1) is 14.4. The first-order valence-corrected chi connectivity index (χ1v) is 11.0. The summed E-state index contributed by atoms with van der Waals surface area (Å²) in [4.78, 5) is 14.4. The van der Waals surface area contributed by atoms with Crippen molar-refractivity contribution in [3.8, 4) is 0 Å². The molecule has 0 spiro atoms. The van der Waals surface area contributed by atoms with Gasteiger partial charge < -0.3 is 9.32 Å². The summed E-state index contributed by atoms with van der Waals surface area (Å²) >= 11 is 0. The van der Waals surface area contributed by atoms with Crippen LogP contribution in [0.4, 0.5) is 10.1 Å². The lowest BCUT2D eigenvalue weighted by atomic mass is 10.1. The van der Waals surface area contributed by atoms with E-state index in [9.17, 15) is 17.6 Å². The van der Waals surface area contributed by atoms with Gasteiger partial charge in [-0.1, -0.05) is 30.3 Å². The Hall–Kier alpha value is -2.97. The normalized spacial score (nSPS) is 16.1. The van der Waals surface area contributed by atoms with Gasteiger partial charge in [0.25, 0.3) is 0 Å². The second-order valence-electron chi connectivity index (χ2n) is 7.23. The highest BCUT2D eigenvalue weighted by molar-refractivity contribution is 7.89. The zero-order valence-corrected chi connectivity index (χ0v) is 17.2. The number of halogens is 1. The predicted octanol–water partition coefficient (Wildman–Crippen LogP) is 3.59. The van der Waals surface area contributed by atoms with Gasteiger partial charge in [0.1, 0.15) is 16.5 Å². The molecule has 2 heterocycles. The molecular formula is C22H21FN2O4S. The van der Waals surface area contributed by atoms with Gasteiger partial charge in [-0.3, -0.25) is 4.79 Å². The molecule has 4 rings (SSSR count). The van der Waals surface area contributed by atoms with Gasteiger partial charge >= 0.3 is 0 Å². The molecule has 1 aromatic heterocycles. The molecule has 0 saturated heterocycles. The largest absolute Gasteiger partial charge is 0.468 e. The molecule has 0 fully saturated rings. The van der Waals surface area contributed by atoms with Crippen LogP contribution in [-0.4, -0.2) is 31.2 Å². The highest BCUT2D eigenvalue weighted by Gasteiger charge is 2.35. The monoisotopic (exact) mass is 428 g/mol. The molecule has 0 N–H and O–H groups in total. The summed E-state index contributed by atoms with van der Waals surface area (Å²) in [5.41, 5.74) is 1.81. The van der Waals surface area contributed by atoms with Gasteiger partial charge in [0.05, 0.1) is 19.4 Å². The molecule has 6 nitrogen and oxygen atoms in total. The minimum atomic E-state index is -4.28. The van der Waals surface area contributed by atoms with Crippen LogP contribution in [0.3, 0.4) is 0 Å². The van der Waals surface area contributed by atoms with E-state index in [0.717, 1.165) is 21.6 Å². The predicted molar refractivity (Wildman–Crippen MR) is 110 cm³/mol. The van der Waals surface area contributed by atoms with Crippen molar-refractivity contribution in [3.63, 3.8) is 0 Å². The maximum Gasteiger partial charge on any atom is 0.246 e. The van der Waals surface area contributed by atoms with E-state index in [1.54, 1.807) is 17.0 Å². The molecular weight excluding hydrogens is 407 g/mol. The summed E-state index contributed by atoms with van der Waals surface area (Å²) in [6.07, 6.45) is 2.12. The Kier molecular flexibility index (Phi) is 5.44. The van der Waals surface area contributed by atoms with Crippen molar-refractivity contribution in [2.45, 2.75) is 30.8 Å². The zero-order chi connectivity index (χ0) is 21.3. The van der Waals surface area contributed by atoms with Crippen LogP contribution >= 0.6 is 0 Å². The molecule has 0 aliphatic carbocycles. The number of anilines is 1. The lowest BCUT2D eigenvalue weighted by Crippen LogP contribution is -2.45. The van der Waals surface area contributed by atoms with Gasteiger partial charge in [0.2, 0.25) is 15.9 Å². The fraction of sp³-hybridized carbons (Fsp3) is 0.227. The molecule has 1 amide bonds. The average Bonchev–Trinajstić information content (AvgIpc) is 3.34. The molecule has 1 atom stereocenters. The second kappa shape index (κ2) is 8.04. The van der Waals surface area contributed by atoms with Crippen LogP contribution in [0.1, 0.15) is 18.2 Å². The molecule has 0 radical (unpaired) electrons. The minimum absolute atomic E-state index is 0.100. The number of hydrogen-bond acceptors (Lipinski definition) is 4. The fourth-order valence-electron chi connectivity index (χ4n) is 3.77. The van der Waals surface area contributed by atoms with E-state index in [-0.39, 0.29) is 18.5 Å². The Morgan fingerprint density at radius 1 is 1.13 bits per heavy atom. The van der Waals surface area contributed by atoms with Gasteiger partial charge in [-0.25, -0.2) is 12.8 Å². The van der Waals surface area contributed by atoms with Crippen LogP contribution in [0.15, 0.2) is 76.2 Å². The molecule has 156 valence electrons. The number of nitrogens with zero attached hydrogens (tertiary/aromatic N) is 2. The zero-order valence-electron chi connectivity index (χ0n) is 16.4. The lowest BCUT2D eigenvalue weighted by molar-refractivity contribution is -0.119. The molecule has 0 saturated carbocycles. The summed E-state index contributed by atoms with van der Waals surface area (Å²) < 4.78 is 47.0. The number of carbonyl (C=O) groups excluding carboxylic acids is 1. The number of para-hydroxylation sites is 1. The SMILES string of the molecule is C[C@H]1Cc2ccccc2N1C(=O)CN(Cc1ccco1)S(=O)(=O)c1ccccc1F. The number of fused-ring (bicyclic) bond motifs is 1. The van der Waals surface area contributed by atoms with Gasteiger partial charge in [0.15, 0.2) is 0 Å². The number of hydrogen-bond donors (Lipinski definition) is 0. The summed E-state index contributed by atoms with van der Waals surface area (Å²) in [5.74, 6) is -0.884. The van der Waals surface area contributed by atoms with E-state index < -0.39 is 27.3 Å². The Labute approximate surface area is 174 Å². The van der Waals surface area contributed by atoms with Crippen molar-refractivity contribution in [1.29, 1.82) is 0 Å². The van der Waals surface area contributed by atoms with Crippen molar-refractivity contribution in [2.75, 3.05) is 11.4 Å². The van der Waals surface area contributed by atoms with Crippen molar-refractivity contribution >= 4 is 21.6 Å². The quantitative estimate of drug-likeness (QED) is 0.602. The van der Waals surface area contributed by atoms with Gasteiger partial charge in [-0.2, -0.15) is 4.31 Å². The Morgan fingerprint density at radius 2 is 1.87 bits per heavy atom. The molecule has 2 aromatic carbocycles. The molecule has 0 unspecified atom stereocenters. The van der Waals surface area contributed by atoms with Crippen molar-refractivity contribution in [2.24, 2.45) is 0 Å². The number of sulfonamides is 1. The number of rotatable bonds is 6. The molecule has 1 aliphatic rings. The first-order valence-electron chi connectivity index (χ1n) is 9.55. The smallest absolute Gasteiger partial charge is 0.246 e. The van der Waals surface area contributed by atoms with Crippen LogP contribution in [0.5, 0.6) is 0 Å². The van der Waals surface area contributed by atoms with Crippen LogP contribution in [0.25, 0.3) is 0 Å². The summed E-state index contributed by atoms with van der Waals surface area (Å²) in [5, 5.41) is 0. The molecule has 1 aliphatic heterocycles.